The van der Waals surface area contributed by atoms with Crippen molar-refractivity contribution < 1.29 is 46.8 Å². The molecule has 0 aliphatic carbocycles. The van der Waals surface area contributed by atoms with Crippen LogP contribution < -0.4 is 18.9 Å². The summed E-state index contributed by atoms with van der Waals surface area (Å²) in [6.45, 7) is -1.79. The Bertz CT molecular complexity index is 2070. The van der Waals surface area contributed by atoms with Crippen molar-refractivity contribution in [3.05, 3.63) is 93.5 Å². The van der Waals surface area contributed by atoms with Crippen LogP contribution in [0.2, 0.25) is 5.02 Å². The zero-order valence-electron chi connectivity index (χ0n) is 26.1. The van der Waals surface area contributed by atoms with Crippen LogP contribution in [-0.2, 0) is 30.7 Å². The van der Waals surface area contributed by atoms with Crippen LogP contribution in [0, 0.1) is 5.82 Å². The van der Waals surface area contributed by atoms with Crippen molar-refractivity contribution in [3.8, 4) is 34.4 Å². The van der Waals surface area contributed by atoms with Gasteiger partial charge in [0.05, 0.1) is 43.1 Å². The molecule has 254 valence electrons. The molecular formula is C35H29ClF3N3O7. The summed E-state index contributed by atoms with van der Waals surface area (Å²) in [7, 11) is 1.45. The molecule has 0 amide bonds. The fourth-order valence-corrected chi connectivity index (χ4v) is 6.25. The highest BCUT2D eigenvalue weighted by Gasteiger charge is 2.29. The molecule has 2 aliphatic rings. The van der Waals surface area contributed by atoms with Gasteiger partial charge in [-0.3, -0.25) is 0 Å². The number of methoxy groups -OCH3 is 1. The lowest BCUT2D eigenvalue weighted by Crippen LogP contribution is -2.31. The number of benzene rings is 3. The third-order valence-electron chi connectivity index (χ3n) is 8.54. The summed E-state index contributed by atoms with van der Waals surface area (Å²) >= 11 is 5.95. The summed E-state index contributed by atoms with van der Waals surface area (Å²) in [4.78, 5) is 21.3. The lowest BCUT2D eigenvalue weighted by Gasteiger charge is -2.27. The van der Waals surface area contributed by atoms with E-state index in [4.69, 9.17) is 35.5 Å². The standard InChI is InChI=1S/C35H29ClF3N3O7/c1-45-29-12-19(34(43)44)11-27-32(29)41-30(42(27)16-21-7-9-46-21)15-23-22-8-10-47-33(22)24(14-25(23)37)26-3-2-4-31(40-26)48-17-18-5-6-20(36)13-28(18)49-35(38)39/h2-6,11-14,21,35H,7-10,15-17H2,1H3,(H,43,44)/t21-/m0/s1. The lowest BCUT2D eigenvalue weighted by atomic mass is 9.96. The second-order valence-corrected chi connectivity index (χ2v) is 12.0. The predicted molar refractivity (Wildman–Crippen MR) is 172 cm³/mol. The van der Waals surface area contributed by atoms with Crippen LogP contribution >= 0.6 is 11.6 Å². The van der Waals surface area contributed by atoms with E-state index in [1.54, 1.807) is 24.3 Å². The van der Waals surface area contributed by atoms with Gasteiger partial charge in [0.1, 0.15) is 41.0 Å². The van der Waals surface area contributed by atoms with Crippen LogP contribution in [0.3, 0.4) is 0 Å². The summed E-state index contributed by atoms with van der Waals surface area (Å²) in [5.74, 6) is -0.218. The van der Waals surface area contributed by atoms with E-state index in [1.807, 2.05) is 4.57 Å². The number of fused-ring (bicyclic) bond motifs is 2. The number of nitrogens with zero attached hydrogens (tertiary/aromatic N) is 3. The molecule has 2 aromatic heterocycles. The molecule has 1 N–H and O–H groups in total. The molecule has 1 atom stereocenters. The van der Waals surface area contributed by atoms with Crippen molar-refractivity contribution in [3.63, 3.8) is 0 Å². The van der Waals surface area contributed by atoms with Gasteiger partial charge < -0.3 is 33.4 Å². The van der Waals surface area contributed by atoms with Crippen LogP contribution in [-0.4, -0.2) is 58.6 Å². The molecule has 10 nitrogen and oxygen atoms in total. The number of aromatic nitrogens is 3. The van der Waals surface area contributed by atoms with Gasteiger partial charge >= 0.3 is 12.6 Å². The minimum atomic E-state index is -3.04. The summed E-state index contributed by atoms with van der Waals surface area (Å²) in [5.41, 5.74) is 3.31. The quantitative estimate of drug-likeness (QED) is 0.146. The third kappa shape index (κ3) is 6.55. The van der Waals surface area contributed by atoms with Crippen molar-refractivity contribution in [2.24, 2.45) is 0 Å². The van der Waals surface area contributed by atoms with Crippen molar-refractivity contribution in [2.45, 2.75) is 45.1 Å². The number of pyridine rings is 1. The number of rotatable bonds is 12. The second-order valence-electron chi connectivity index (χ2n) is 11.5. The van der Waals surface area contributed by atoms with Gasteiger partial charge in [0, 0.05) is 52.8 Å². The molecule has 0 radical (unpaired) electrons. The minimum Gasteiger partial charge on any atom is -0.494 e. The number of alkyl halides is 2. The van der Waals surface area contributed by atoms with Gasteiger partial charge in [-0.25, -0.2) is 19.2 Å². The number of aromatic carboxylic acids is 1. The normalized spacial score (nSPS) is 15.2. The highest BCUT2D eigenvalue weighted by Crippen LogP contribution is 2.41. The maximum atomic E-state index is 16.2. The van der Waals surface area contributed by atoms with Crippen molar-refractivity contribution in [1.29, 1.82) is 0 Å². The zero-order valence-corrected chi connectivity index (χ0v) is 26.8. The Labute approximate surface area is 282 Å². The molecule has 1 fully saturated rings. The summed E-state index contributed by atoms with van der Waals surface area (Å²) in [5, 5.41) is 9.96. The van der Waals surface area contributed by atoms with E-state index in [2.05, 4.69) is 9.72 Å². The number of imidazole rings is 1. The third-order valence-corrected chi connectivity index (χ3v) is 8.78. The van der Waals surface area contributed by atoms with E-state index in [9.17, 15) is 18.7 Å². The molecule has 0 spiro atoms. The highest BCUT2D eigenvalue weighted by atomic mass is 35.5. The molecule has 2 aliphatic heterocycles. The first-order chi connectivity index (χ1) is 23.7. The number of hydrogen-bond acceptors (Lipinski definition) is 8. The van der Waals surface area contributed by atoms with E-state index < -0.39 is 18.4 Å². The van der Waals surface area contributed by atoms with Crippen molar-refractivity contribution in [1.82, 2.24) is 14.5 Å². The van der Waals surface area contributed by atoms with E-state index in [1.165, 1.54) is 37.4 Å². The number of ether oxygens (including phenoxy) is 5. The van der Waals surface area contributed by atoms with Gasteiger partial charge in [0.15, 0.2) is 0 Å². The Morgan fingerprint density at radius 3 is 2.69 bits per heavy atom. The van der Waals surface area contributed by atoms with Crippen LogP contribution in [0.5, 0.6) is 23.1 Å². The molecule has 1 saturated heterocycles. The molecule has 4 heterocycles. The molecule has 0 saturated carbocycles. The molecule has 0 unspecified atom stereocenters. The predicted octanol–water partition coefficient (Wildman–Crippen LogP) is 7.09. The number of hydrogen-bond donors (Lipinski definition) is 1. The van der Waals surface area contributed by atoms with Gasteiger partial charge in [0.2, 0.25) is 5.88 Å². The monoisotopic (exact) mass is 695 g/mol. The molecular weight excluding hydrogens is 667 g/mol. The maximum Gasteiger partial charge on any atom is 0.387 e. The van der Waals surface area contributed by atoms with E-state index in [0.29, 0.717) is 82.5 Å². The van der Waals surface area contributed by atoms with E-state index >= 15 is 4.39 Å². The summed E-state index contributed by atoms with van der Waals surface area (Å²) in [6, 6.07) is 13.6. The summed E-state index contributed by atoms with van der Waals surface area (Å²) < 4.78 is 71.6. The van der Waals surface area contributed by atoms with Crippen LogP contribution in [0.15, 0.2) is 54.6 Å². The lowest BCUT2D eigenvalue weighted by molar-refractivity contribution is -0.0589. The zero-order chi connectivity index (χ0) is 34.2. The van der Waals surface area contributed by atoms with Gasteiger partial charge in [0.25, 0.3) is 0 Å². The average Bonchev–Trinajstić information content (AvgIpc) is 3.68. The Balaban J connectivity index is 1.21. The van der Waals surface area contributed by atoms with Crippen LogP contribution in [0.4, 0.5) is 13.2 Å². The smallest absolute Gasteiger partial charge is 0.387 e. The molecule has 0 bridgehead atoms. The SMILES string of the molecule is COc1cc(C(=O)O)cc2c1nc(Cc1c(F)cc(-c3cccc(OCc4ccc(Cl)cc4OC(F)F)n3)c3c1CCO3)n2C[C@@H]1CCO1. The number of carboxylic acid groups (broad SMARTS) is 1. The Morgan fingerprint density at radius 2 is 1.96 bits per heavy atom. The molecule has 7 rings (SSSR count). The van der Waals surface area contributed by atoms with Gasteiger partial charge in [-0.1, -0.05) is 23.7 Å². The van der Waals surface area contributed by atoms with Crippen LogP contribution in [0.1, 0.15) is 39.3 Å². The van der Waals surface area contributed by atoms with Crippen LogP contribution in [0.25, 0.3) is 22.3 Å². The van der Waals surface area contributed by atoms with Gasteiger partial charge in [-0.15, -0.1) is 0 Å². The Morgan fingerprint density at radius 1 is 1.12 bits per heavy atom. The van der Waals surface area contributed by atoms with Gasteiger partial charge in [-0.2, -0.15) is 8.78 Å². The minimum absolute atomic E-state index is 0.0465. The Hall–Kier alpha value is -5.01. The molecule has 5 aromatic rings. The van der Waals surface area contributed by atoms with E-state index in [-0.39, 0.29) is 41.3 Å². The number of halogens is 4. The largest absolute Gasteiger partial charge is 0.494 e. The average molecular weight is 696 g/mol. The number of carboxylic acids is 1. The molecule has 14 heteroatoms. The summed E-state index contributed by atoms with van der Waals surface area (Å²) in [6.07, 6.45) is 1.31. The first-order valence-corrected chi connectivity index (χ1v) is 15.8. The number of carbonyl (C=O) groups is 1. The maximum absolute atomic E-state index is 16.2. The highest BCUT2D eigenvalue weighted by molar-refractivity contribution is 6.30. The first-order valence-electron chi connectivity index (χ1n) is 15.4. The molecule has 49 heavy (non-hydrogen) atoms. The fourth-order valence-electron chi connectivity index (χ4n) is 6.09. The topological polar surface area (TPSA) is 114 Å². The Kier molecular flexibility index (Phi) is 8.95. The first kappa shape index (κ1) is 32.5. The second kappa shape index (κ2) is 13.5. The molecule has 3 aromatic carbocycles. The van der Waals surface area contributed by atoms with E-state index in [0.717, 1.165) is 6.42 Å². The van der Waals surface area contributed by atoms with Crippen molar-refractivity contribution >= 4 is 28.6 Å². The van der Waals surface area contributed by atoms with Crippen molar-refractivity contribution in [2.75, 3.05) is 20.3 Å². The fraction of sp³-hybridized carbons (Fsp3) is 0.286. The van der Waals surface area contributed by atoms with Gasteiger partial charge in [-0.05, 0) is 42.8 Å².